The van der Waals surface area contributed by atoms with Crippen molar-refractivity contribution < 1.29 is 4.42 Å². The normalized spacial score (nSPS) is 16.0. The van der Waals surface area contributed by atoms with Crippen molar-refractivity contribution in [3.63, 3.8) is 0 Å². The Morgan fingerprint density at radius 2 is 2.43 bits per heavy atom. The van der Waals surface area contributed by atoms with Crippen LogP contribution >= 0.6 is 11.8 Å². The summed E-state index contributed by atoms with van der Waals surface area (Å²) in [7, 11) is 0. The minimum atomic E-state index is 0.792. The summed E-state index contributed by atoms with van der Waals surface area (Å²) in [6.07, 6.45) is 8.56. The fourth-order valence-corrected chi connectivity index (χ4v) is 2.04. The van der Waals surface area contributed by atoms with E-state index in [1.807, 2.05) is 0 Å². The highest BCUT2D eigenvalue weighted by Gasteiger charge is 2.19. The molecule has 1 heterocycles. The Labute approximate surface area is 88.7 Å². The predicted octanol–water partition coefficient (Wildman–Crippen LogP) is 2.30. The van der Waals surface area contributed by atoms with Crippen LogP contribution in [0.1, 0.15) is 25.7 Å². The lowest BCUT2D eigenvalue weighted by Crippen LogP contribution is -2.17. The Hall–Kier alpha value is -0.480. The first kappa shape index (κ1) is 10.1. The summed E-state index contributed by atoms with van der Waals surface area (Å²) in [5.41, 5.74) is 0. The number of oxazole rings is 1. The van der Waals surface area contributed by atoms with Gasteiger partial charge in [-0.3, -0.25) is 0 Å². The summed E-state index contributed by atoms with van der Waals surface area (Å²) >= 11 is 1.70. The van der Waals surface area contributed by atoms with Gasteiger partial charge in [0, 0.05) is 11.8 Å². The number of thioether (sulfide) groups is 1. The summed E-state index contributed by atoms with van der Waals surface area (Å²) in [5.74, 6) is 1.10. The van der Waals surface area contributed by atoms with Crippen molar-refractivity contribution >= 4 is 11.8 Å². The molecule has 0 unspecified atom stereocenters. The monoisotopic (exact) mass is 212 g/mol. The highest BCUT2D eigenvalue weighted by atomic mass is 32.2. The quantitative estimate of drug-likeness (QED) is 0.556. The second-order valence-corrected chi connectivity index (χ2v) is 4.63. The molecule has 1 aromatic rings. The Kier molecular flexibility index (Phi) is 3.89. The molecule has 0 radical (unpaired) electrons. The molecule has 0 aliphatic heterocycles. The molecule has 0 aromatic carbocycles. The molecule has 2 rings (SSSR count). The highest BCUT2D eigenvalue weighted by molar-refractivity contribution is 7.99. The summed E-state index contributed by atoms with van der Waals surface area (Å²) in [6, 6.07) is 0.842. The number of rotatable bonds is 7. The Bertz CT molecular complexity index is 247. The zero-order valence-electron chi connectivity index (χ0n) is 8.24. The smallest absolute Gasteiger partial charge is 0.255 e. The number of hydrogen-bond acceptors (Lipinski definition) is 4. The minimum Gasteiger partial charge on any atom is -0.440 e. The zero-order chi connectivity index (χ0) is 9.64. The van der Waals surface area contributed by atoms with E-state index >= 15 is 0 Å². The van der Waals surface area contributed by atoms with Gasteiger partial charge in [-0.2, -0.15) is 0 Å². The van der Waals surface area contributed by atoms with Gasteiger partial charge in [-0.25, -0.2) is 4.98 Å². The van der Waals surface area contributed by atoms with Gasteiger partial charge in [-0.15, -0.1) is 0 Å². The lowest BCUT2D eigenvalue weighted by atomic mass is 10.3. The first-order valence-electron chi connectivity index (χ1n) is 5.21. The van der Waals surface area contributed by atoms with E-state index in [1.54, 1.807) is 24.2 Å². The maximum absolute atomic E-state index is 5.12. The van der Waals surface area contributed by atoms with Gasteiger partial charge < -0.3 is 9.73 Å². The van der Waals surface area contributed by atoms with Gasteiger partial charge in [0.05, 0.1) is 6.20 Å². The largest absolute Gasteiger partial charge is 0.440 e. The third kappa shape index (κ3) is 3.72. The van der Waals surface area contributed by atoms with Gasteiger partial charge in [0.15, 0.2) is 0 Å². The van der Waals surface area contributed by atoms with Crippen LogP contribution in [0.25, 0.3) is 0 Å². The lowest BCUT2D eigenvalue weighted by Gasteiger charge is -2.00. The summed E-state index contributed by atoms with van der Waals surface area (Å²) < 4.78 is 5.12. The van der Waals surface area contributed by atoms with E-state index in [-0.39, 0.29) is 0 Å². The molecule has 1 N–H and O–H groups in total. The second-order valence-electron chi connectivity index (χ2n) is 3.58. The molecule has 14 heavy (non-hydrogen) atoms. The minimum absolute atomic E-state index is 0.792. The molecule has 78 valence electrons. The van der Waals surface area contributed by atoms with E-state index in [0.717, 1.165) is 23.6 Å². The molecule has 1 aliphatic carbocycles. The van der Waals surface area contributed by atoms with Gasteiger partial charge >= 0.3 is 0 Å². The van der Waals surface area contributed by atoms with E-state index in [1.165, 1.54) is 25.7 Å². The van der Waals surface area contributed by atoms with Gasteiger partial charge in [0.2, 0.25) is 0 Å². The number of nitrogens with zero attached hydrogens (tertiary/aromatic N) is 1. The molecule has 3 nitrogen and oxygen atoms in total. The third-order valence-electron chi connectivity index (χ3n) is 2.22. The third-order valence-corrected chi connectivity index (χ3v) is 3.16. The molecule has 1 aromatic heterocycles. The lowest BCUT2D eigenvalue weighted by molar-refractivity contribution is 0.454. The van der Waals surface area contributed by atoms with Crippen molar-refractivity contribution in [3.8, 4) is 0 Å². The van der Waals surface area contributed by atoms with Gasteiger partial charge in [-0.05, 0) is 32.2 Å². The van der Waals surface area contributed by atoms with Crippen LogP contribution in [0, 0.1) is 0 Å². The van der Waals surface area contributed by atoms with Gasteiger partial charge in [0.25, 0.3) is 5.22 Å². The van der Waals surface area contributed by atoms with Crippen LogP contribution in [0.5, 0.6) is 0 Å². The molecular formula is C10H16N2OS. The van der Waals surface area contributed by atoms with Crippen LogP contribution in [0.4, 0.5) is 0 Å². The fraction of sp³-hybridized carbons (Fsp3) is 0.700. The van der Waals surface area contributed by atoms with Crippen LogP contribution in [-0.2, 0) is 0 Å². The molecule has 0 atom stereocenters. The fourth-order valence-electron chi connectivity index (χ4n) is 1.26. The molecule has 1 saturated carbocycles. The van der Waals surface area contributed by atoms with Gasteiger partial charge in [-0.1, -0.05) is 11.8 Å². The SMILES string of the molecule is c1coc(SCCCCNC2CC2)n1. The number of unbranched alkanes of at least 4 members (excludes halogenated alkanes) is 1. The van der Waals surface area contributed by atoms with E-state index in [9.17, 15) is 0 Å². The predicted molar refractivity (Wildman–Crippen MR) is 57.5 cm³/mol. The summed E-state index contributed by atoms with van der Waals surface area (Å²) in [5, 5.41) is 4.29. The zero-order valence-corrected chi connectivity index (χ0v) is 9.05. The molecular weight excluding hydrogens is 196 g/mol. The second kappa shape index (κ2) is 5.41. The van der Waals surface area contributed by atoms with E-state index in [0.29, 0.717) is 0 Å². The Balaban J connectivity index is 1.43. The summed E-state index contributed by atoms with van der Waals surface area (Å²) in [4.78, 5) is 4.05. The van der Waals surface area contributed by atoms with Crippen molar-refractivity contribution in [3.05, 3.63) is 12.5 Å². The maximum Gasteiger partial charge on any atom is 0.255 e. The molecule has 0 saturated heterocycles. The van der Waals surface area contributed by atoms with Crippen LogP contribution in [0.3, 0.4) is 0 Å². The average Bonchev–Trinajstić information content (AvgIpc) is 2.87. The number of hydrogen-bond donors (Lipinski definition) is 1. The standard InChI is InChI=1S/C10H16N2OS/c1(5-11-9-3-4-9)2-8-14-10-12-6-7-13-10/h6-7,9,11H,1-5,8H2. The maximum atomic E-state index is 5.12. The molecule has 4 heteroatoms. The highest BCUT2D eigenvalue weighted by Crippen LogP contribution is 2.19. The molecule has 0 bridgehead atoms. The van der Waals surface area contributed by atoms with Crippen molar-refractivity contribution in [2.45, 2.75) is 36.9 Å². The average molecular weight is 212 g/mol. The molecule has 1 fully saturated rings. The van der Waals surface area contributed by atoms with E-state index in [2.05, 4.69) is 10.3 Å². The first-order chi connectivity index (χ1) is 6.95. The van der Waals surface area contributed by atoms with Crippen LogP contribution in [0.2, 0.25) is 0 Å². The van der Waals surface area contributed by atoms with Crippen LogP contribution in [-0.4, -0.2) is 23.3 Å². The summed E-state index contributed by atoms with van der Waals surface area (Å²) in [6.45, 7) is 1.16. The molecule has 1 aliphatic rings. The van der Waals surface area contributed by atoms with Crippen LogP contribution < -0.4 is 5.32 Å². The van der Waals surface area contributed by atoms with E-state index in [4.69, 9.17) is 4.42 Å². The molecule has 0 amide bonds. The first-order valence-corrected chi connectivity index (χ1v) is 6.19. The molecule has 0 spiro atoms. The van der Waals surface area contributed by atoms with Gasteiger partial charge in [0.1, 0.15) is 6.26 Å². The number of aromatic nitrogens is 1. The van der Waals surface area contributed by atoms with Crippen molar-refractivity contribution in [1.82, 2.24) is 10.3 Å². The van der Waals surface area contributed by atoms with Crippen LogP contribution in [0.15, 0.2) is 22.1 Å². The van der Waals surface area contributed by atoms with E-state index < -0.39 is 0 Å². The Morgan fingerprint density at radius 1 is 1.50 bits per heavy atom. The van der Waals surface area contributed by atoms with Crippen molar-refractivity contribution in [1.29, 1.82) is 0 Å². The topological polar surface area (TPSA) is 38.1 Å². The Morgan fingerprint density at radius 3 is 3.14 bits per heavy atom. The van der Waals surface area contributed by atoms with Crippen molar-refractivity contribution in [2.75, 3.05) is 12.3 Å². The van der Waals surface area contributed by atoms with Crippen molar-refractivity contribution in [2.24, 2.45) is 0 Å². The number of nitrogens with one attached hydrogen (secondary N) is 1.